The molecule has 3 aliphatic rings. The average molecular weight is 281 g/mol. The van der Waals surface area contributed by atoms with Gasteiger partial charge in [-0.15, -0.1) is 0 Å². The largest absolute Gasteiger partial charge is 0.369 e. The first-order valence-corrected chi connectivity index (χ1v) is 7.58. The molecule has 2 saturated heterocycles. The first-order chi connectivity index (χ1) is 10.3. The van der Waals surface area contributed by atoms with Gasteiger partial charge in [0.25, 0.3) is 5.91 Å². The maximum Gasteiger partial charge on any atom is 0.254 e. The van der Waals surface area contributed by atoms with Crippen LogP contribution in [0.4, 0.5) is 0 Å². The van der Waals surface area contributed by atoms with Gasteiger partial charge in [-0.2, -0.15) is 0 Å². The van der Waals surface area contributed by atoms with Crippen LogP contribution in [0, 0.1) is 5.92 Å². The number of β-lactam (4-membered cyclic amide) rings is 1. The van der Waals surface area contributed by atoms with Crippen molar-refractivity contribution in [2.24, 2.45) is 5.92 Å². The van der Waals surface area contributed by atoms with Crippen molar-refractivity contribution < 1.29 is 9.53 Å². The van der Waals surface area contributed by atoms with E-state index in [1.807, 2.05) is 11.0 Å². The summed E-state index contributed by atoms with van der Waals surface area (Å²) in [5.74, 6) is 0.479. The van der Waals surface area contributed by atoms with Crippen molar-refractivity contribution in [2.45, 2.75) is 25.0 Å². The monoisotopic (exact) mass is 281 g/mol. The van der Waals surface area contributed by atoms with Gasteiger partial charge in [-0.25, -0.2) is 0 Å². The lowest BCUT2D eigenvalue weighted by Crippen LogP contribution is -2.70. The second-order valence-corrected chi connectivity index (χ2v) is 6.00. The van der Waals surface area contributed by atoms with E-state index in [0.29, 0.717) is 5.92 Å². The van der Waals surface area contributed by atoms with Crippen molar-refractivity contribution in [1.29, 1.82) is 0 Å². The number of fused-ring (bicyclic) bond motifs is 3. The fraction of sp³-hybridized carbons (Fsp3) is 0.389. The van der Waals surface area contributed by atoms with Crippen LogP contribution in [0.1, 0.15) is 18.4 Å². The maximum absolute atomic E-state index is 12.0. The van der Waals surface area contributed by atoms with E-state index in [1.54, 1.807) is 7.11 Å². The van der Waals surface area contributed by atoms with Crippen molar-refractivity contribution in [3.05, 3.63) is 53.6 Å². The minimum absolute atomic E-state index is 0.154. The smallest absolute Gasteiger partial charge is 0.254 e. The SMILES string of the molecule is CO[C@H]1C(=O)N2CCC3=CCC(c4ccccc4)=C[C@@H]3[C@@H]12. The Hall–Kier alpha value is -1.87. The summed E-state index contributed by atoms with van der Waals surface area (Å²) in [6.07, 6.45) is 6.46. The van der Waals surface area contributed by atoms with Crippen LogP contribution in [-0.4, -0.2) is 36.6 Å². The zero-order valence-electron chi connectivity index (χ0n) is 12.2. The number of allylic oxidation sites excluding steroid dienone is 2. The highest BCUT2D eigenvalue weighted by Gasteiger charge is 2.53. The number of piperidine rings is 1. The van der Waals surface area contributed by atoms with Crippen LogP contribution in [0.2, 0.25) is 0 Å². The Morgan fingerprint density at radius 2 is 2.05 bits per heavy atom. The lowest BCUT2D eigenvalue weighted by Gasteiger charge is -2.53. The number of rotatable bonds is 2. The van der Waals surface area contributed by atoms with Gasteiger partial charge < -0.3 is 9.64 Å². The summed E-state index contributed by atoms with van der Waals surface area (Å²) in [4.78, 5) is 14.0. The fourth-order valence-electron chi connectivity index (χ4n) is 3.89. The third-order valence-electron chi connectivity index (χ3n) is 5.00. The summed E-state index contributed by atoms with van der Waals surface area (Å²) in [6.45, 7) is 0.847. The summed E-state index contributed by atoms with van der Waals surface area (Å²) in [5.41, 5.74) is 4.12. The van der Waals surface area contributed by atoms with Gasteiger partial charge >= 0.3 is 0 Å². The van der Waals surface area contributed by atoms with E-state index >= 15 is 0 Å². The quantitative estimate of drug-likeness (QED) is 0.616. The molecule has 21 heavy (non-hydrogen) atoms. The Labute approximate surface area is 124 Å². The first kappa shape index (κ1) is 12.8. The fourth-order valence-corrected chi connectivity index (χ4v) is 3.89. The summed E-state index contributed by atoms with van der Waals surface area (Å²) in [7, 11) is 1.64. The van der Waals surface area contributed by atoms with Gasteiger partial charge in [-0.1, -0.05) is 48.1 Å². The molecule has 1 aromatic carbocycles. The van der Waals surface area contributed by atoms with Crippen LogP contribution in [-0.2, 0) is 9.53 Å². The summed E-state index contributed by atoms with van der Waals surface area (Å²) >= 11 is 0. The lowest BCUT2D eigenvalue weighted by atomic mass is 9.72. The molecule has 108 valence electrons. The molecule has 1 amide bonds. The minimum atomic E-state index is -0.259. The highest BCUT2D eigenvalue weighted by atomic mass is 16.5. The average Bonchev–Trinajstić information content (AvgIpc) is 2.54. The summed E-state index contributed by atoms with van der Waals surface area (Å²) < 4.78 is 5.41. The number of benzene rings is 1. The van der Waals surface area contributed by atoms with Crippen LogP contribution < -0.4 is 0 Å². The van der Waals surface area contributed by atoms with Crippen molar-refractivity contribution in [2.75, 3.05) is 13.7 Å². The van der Waals surface area contributed by atoms with Crippen molar-refractivity contribution >= 4 is 11.5 Å². The van der Waals surface area contributed by atoms with Gasteiger partial charge in [0, 0.05) is 19.6 Å². The Morgan fingerprint density at radius 3 is 2.81 bits per heavy atom. The minimum Gasteiger partial charge on any atom is -0.369 e. The molecule has 0 spiro atoms. The van der Waals surface area contributed by atoms with E-state index < -0.39 is 0 Å². The zero-order chi connectivity index (χ0) is 14.4. The molecule has 3 nitrogen and oxygen atoms in total. The van der Waals surface area contributed by atoms with E-state index in [-0.39, 0.29) is 18.1 Å². The molecule has 0 N–H and O–H groups in total. The van der Waals surface area contributed by atoms with E-state index in [9.17, 15) is 4.79 Å². The van der Waals surface area contributed by atoms with E-state index in [1.165, 1.54) is 16.7 Å². The van der Waals surface area contributed by atoms with E-state index in [4.69, 9.17) is 4.74 Å². The third-order valence-corrected chi connectivity index (χ3v) is 5.00. The molecule has 1 aromatic rings. The standard InChI is InChI=1S/C18H19NO2/c1-21-17-16-15-11-14(12-5-3-2-4-6-12)8-7-13(15)9-10-19(16)18(17)20/h2-7,11,15-17H,8-10H2,1H3/t15-,16-,17+/m0/s1. The van der Waals surface area contributed by atoms with Crippen LogP contribution in [0.25, 0.3) is 5.57 Å². The highest BCUT2D eigenvalue weighted by Crippen LogP contribution is 2.43. The molecular weight excluding hydrogens is 262 g/mol. The Kier molecular flexibility index (Phi) is 2.96. The Balaban J connectivity index is 1.67. The summed E-state index contributed by atoms with van der Waals surface area (Å²) in [5, 5.41) is 0. The van der Waals surface area contributed by atoms with Gasteiger partial charge in [0.2, 0.25) is 0 Å². The normalized spacial score (nSPS) is 30.8. The molecule has 3 atom stereocenters. The molecule has 2 aliphatic heterocycles. The van der Waals surface area contributed by atoms with Gasteiger partial charge in [-0.3, -0.25) is 4.79 Å². The van der Waals surface area contributed by atoms with Crippen molar-refractivity contribution in [3.8, 4) is 0 Å². The molecule has 0 aromatic heterocycles. The predicted octanol–water partition coefficient (Wildman–Crippen LogP) is 2.65. The number of hydrogen-bond donors (Lipinski definition) is 0. The number of amides is 1. The van der Waals surface area contributed by atoms with E-state index in [2.05, 4.69) is 36.4 Å². The first-order valence-electron chi connectivity index (χ1n) is 7.58. The Morgan fingerprint density at radius 1 is 1.24 bits per heavy atom. The van der Waals surface area contributed by atoms with Gasteiger partial charge in [0.05, 0.1) is 6.04 Å². The number of carbonyl (C=O) groups is 1. The number of methoxy groups -OCH3 is 1. The summed E-state index contributed by atoms with van der Waals surface area (Å²) in [6, 6.07) is 10.7. The molecular formula is C18H19NO2. The molecule has 0 bridgehead atoms. The molecule has 3 heteroatoms. The lowest BCUT2D eigenvalue weighted by molar-refractivity contribution is -0.175. The van der Waals surface area contributed by atoms with Gasteiger partial charge in [-0.05, 0) is 24.0 Å². The maximum atomic E-state index is 12.0. The number of nitrogens with zero attached hydrogens (tertiary/aromatic N) is 1. The van der Waals surface area contributed by atoms with Crippen molar-refractivity contribution in [1.82, 2.24) is 4.90 Å². The molecule has 4 rings (SSSR count). The number of hydrogen-bond acceptors (Lipinski definition) is 2. The highest BCUT2D eigenvalue weighted by molar-refractivity contribution is 5.89. The van der Waals surface area contributed by atoms with Crippen LogP contribution in [0.15, 0.2) is 48.1 Å². The molecule has 2 heterocycles. The topological polar surface area (TPSA) is 29.5 Å². The number of ether oxygens (including phenoxy) is 1. The second kappa shape index (κ2) is 4.85. The zero-order valence-corrected chi connectivity index (χ0v) is 12.2. The van der Waals surface area contributed by atoms with Crippen LogP contribution in [0.5, 0.6) is 0 Å². The molecule has 0 radical (unpaired) electrons. The van der Waals surface area contributed by atoms with Crippen LogP contribution in [0.3, 0.4) is 0 Å². The van der Waals surface area contributed by atoms with Gasteiger partial charge in [0.1, 0.15) is 0 Å². The molecule has 0 unspecified atom stereocenters. The molecule has 0 saturated carbocycles. The molecule has 2 fully saturated rings. The van der Waals surface area contributed by atoms with E-state index in [0.717, 1.165) is 19.4 Å². The van der Waals surface area contributed by atoms with Crippen molar-refractivity contribution in [3.63, 3.8) is 0 Å². The number of carbonyl (C=O) groups excluding carboxylic acids is 1. The predicted molar refractivity (Wildman–Crippen MR) is 81.5 cm³/mol. The second-order valence-electron chi connectivity index (χ2n) is 6.00. The van der Waals surface area contributed by atoms with Crippen LogP contribution >= 0.6 is 0 Å². The third kappa shape index (κ3) is 1.88. The Bertz CT molecular complexity index is 624. The molecule has 1 aliphatic carbocycles. The van der Waals surface area contributed by atoms with Gasteiger partial charge in [0.15, 0.2) is 6.10 Å².